The van der Waals surface area contributed by atoms with Gasteiger partial charge in [0.2, 0.25) is 0 Å². The normalized spacial score (nSPS) is 19.6. The highest BCUT2D eigenvalue weighted by atomic mass is 19.3. The summed E-state index contributed by atoms with van der Waals surface area (Å²) in [4.78, 5) is 13.0. The number of hydrogen-bond donors (Lipinski definition) is 2. The van der Waals surface area contributed by atoms with Crippen molar-refractivity contribution >= 4 is 17.4 Å². The molecule has 5 rings (SSSR count). The molecule has 0 spiro atoms. The van der Waals surface area contributed by atoms with Crippen LogP contribution in [-0.4, -0.2) is 22.1 Å². The molecule has 2 aliphatic rings. The first kappa shape index (κ1) is 19.7. The van der Waals surface area contributed by atoms with E-state index in [1.54, 1.807) is 0 Å². The van der Waals surface area contributed by atoms with E-state index in [2.05, 4.69) is 15.7 Å². The van der Waals surface area contributed by atoms with Crippen LogP contribution in [0.25, 0.3) is 0 Å². The Morgan fingerprint density at radius 3 is 2.71 bits per heavy atom. The first-order chi connectivity index (χ1) is 15.0. The smallest absolute Gasteiger partial charge is 0.261 e. The van der Waals surface area contributed by atoms with Crippen molar-refractivity contribution in [3.05, 3.63) is 76.5 Å². The second-order valence-electron chi connectivity index (χ2n) is 8.39. The van der Waals surface area contributed by atoms with Crippen LogP contribution >= 0.6 is 0 Å². The number of halogens is 2. The Balaban J connectivity index is 1.44. The molecule has 2 heterocycles. The third kappa shape index (κ3) is 3.69. The van der Waals surface area contributed by atoms with E-state index in [4.69, 9.17) is 0 Å². The molecule has 2 unspecified atom stereocenters. The van der Waals surface area contributed by atoms with Crippen LogP contribution in [0.4, 0.5) is 20.3 Å². The van der Waals surface area contributed by atoms with Gasteiger partial charge in [0.25, 0.3) is 12.3 Å². The Bertz CT molecular complexity index is 1120. The fourth-order valence-electron chi connectivity index (χ4n) is 4.56. The Hall–Kier alpha value is -3.22. The van der Waals surface area contributed by atoms with Crippen molar-refractivity contribution in [3.63, 3.8) is 0 Å². The standard InChI is InChI=1S/C24H24F2N4O/c1-14-5-7-16(8-6-14)20-12-21(22(25)26)30-23(29-20)19(13-27-30)24(31)28-18-10-9-15-3-2-4-17(15)11-18/h5-11,13,20-22,29H,2-4,12H2,1H3,(H,28,31). The van der Waals surface area contributed by atoms with E-state index in [1.807, 2.05) is 49.4 Å². The summed E-state index contributed by atoms with van der Waals surface area (Å²) in [5, 5.41) is 10.3. The van der Waals surface area contributed by atoms with Crippen LogP contribution in [0.1, 0.15) is 57.5 Å². The molecule has 3 aromatic rings. The van der Waals surface area contributed by atoms with Gasteiger partial charge in [-0.1, -0.05) is 35.9 Å². The predicted octanol–water partition coefficient (Wildman–Crippen LogP) is 5.30. The van der Waals surface area contributed by atoms with Crippen molar-refractivity contribution in [2.24, 2.45) is 0 Å². The van der Waals surface area contributed by atoms with E-state index in [0.717, 1.165) is 30.4 Å². The Morgan fingerprint density at radius 2 is 1.94 bits per heavy atom. The van der Waals surface area contributed by atoms with Crippen LogP contribution in [0.2, 0.25) is 0 Å². The topological polar surface area (TPSA) is 59.0 Å². The highest BCUT2D eigenvalue weighted by molar-refractivity contribution is 6.07. The number of amides is 1. The van der Waals surface area contributed by atoms with E-state index in [9.17, 15) is 13.6 Å². The van der Waals surface area contributed by atoms with Crippen LogP contribution in [0, 0.1) is 6.92 Å². The maximum Gasteiger partial charge on any atom is 0.261 e. The molecule has 5 nitrogen and oxygen atoms in total. The Morgan fingerprint density at radius 1 is 1.16 bits per heavy atom. The molecular weight excluding hydrogens is 398 g/mol. The van der Waals surface area contributed by atoms with Crippen LogP contribution in [0.15, 0.2) is 48.7 Å². The predicted molar refractivity (Wildman–Crippen MR) is 116 cm³/mol. The number of benzene rings is 2. The lowest BCUT2D eigenvalue weighted by atomic mass is 9.96. The van der Waals surface area contributed by atoms with E-state index < -0.39 is 12.5 Å². The van der Waals surface area contributed by atoms with Gasteiger partial charge < -0.3 is 10.6 Å². The van der Waals surface area contributed by atoms with Crippen molar-refractivity contribution in [2.75, 3.05) is 10.6 Å². The summed E-state index contributed by atoms with van der Waals surface area (Å²) in [6.45, 7) is 1.98. The van der Waals surface area contributed by atoms with Gasteiger partial charge in [0.05, 0.1) is 12.2 Å². The zero-order valence-corrected chi connectivity index (χ0v) is 17.2. The summed E-state index contributed by atoms with van der Waals surface area (Å²) >= 11 is 0. The summed E-state index contributed by atoms with van der Waals surface area (Å²) < 4.78 is 29.0. The van der Waals surface area contributed by atoms with Crippen LogP contribution in [0.3, 0.4) is 0 Å². The molecule has 0 saturated heterocycles. The number of aromatic nitrogens is 2. The number of anilines is 2. The van der Waals surface area contributed by atoms with Crippen LogP contribution < -0.4 is 10.6 Å². The van der Waals surface area contributed by atoms with Crippen LogP contribution in [-0.2, 0) is 12.8 Å². The van der Waals surface area contributed by atoms with Crippen molar-refractivity contribution in [1.82, 2.24) is 9.78 Å². The fraction of sp³-hybridized carbons (Fsp3) is 0.333. The van der Waals surface area contributed by atoms with E-state index in [0.29, 0.717) is 11.5 Å². The van der Waals surface area contributed by atoms with Gasteiger partial charge in [0, 0.05) is 5.69 Å². The maximum atomic E-state index is 13.8. The van der Waals surface area contributed by atoms with Gasteiger partial charge >= 0.3 is 0 Å². The molecule has 0 saturated carbocycles. The molecule has 31 heavy (non-hydrogen) atoms. The number of hydrogen-bond acceptors (Lipinski definition) is 3. The number of rotatable bonds is 4. The molecule has 1 aliphatic heterocycles. The SMILES string of the molecule is Cc1ccc(C2CC(C(F)F)n3ncc(C(=O)Nc4ccc5c(c4)CCC5)c3N2)cc1. The van der Waals surface area contributed by atoms with Crippen LogP contribution in [0.5, 0.6) is 0 Å². The average molecular weight is 422 g/mol. The highest BCUT2D eigenvalue weighted by Crippen LogP contribution is 2.39. The molecule has 2 aromatic carbocycles. The number of nitrogens with one attached hydrogen (secondary N) is 2. The summed E-state index contributed by atoms with van der Waals surface area (Å²) in [7, 11) is 0. The molecule has 2 N–H and O–H groups in total. The number of alkyl halides is 2. The summed E-state index contributed by atoms with van der Waals surface area (Å²) in [5.74, 6) is -0.0231. The van der Waals surface area contributed by atoms with Gasteiger partial charge in [-0.25, -0.2) is 13.5 Å². The minimum atomic E-state index is -2.58. The Kier molecular flexibility index (Phi) is 4.96. The fourth-order valence-corrected chi connectivity index (χ4v) is 4.56. The summed E-state index contributed by atoms with van der Waals surface area (Å²) in [6, 6.07) is 12.3. The third-order valence-corrected chi connectivity index (χ3v) is 6.27. The molecular formula is C24H24F2N4O. The first-order valence-corrected chi connectivity index (χ1v) is 10.6. The van der Waals surface area contributed by atoms with Gasteiger partial charge in [0.15, 0.2) is 0 Å². The lowest BCUT2D eigenvalue weighted by molar-refractivity contribution is 0.0657. The summed E-state index contributed by atoms with van der Waals surface area (Å²) in [6.07, 6.45) is 2.20. The molecule has 0 radical (unpaired) electrons. The molecule has 0 bridgehead atoms. The lowest BCUT2D eigenvalue weighted by Gasteiger charge is -2.32. The van der Waals surface area contributed by atoms with Crippen molar-refractivity contribution in [2.45, 2.75) is 51.1 Å². The van der Waals surface area contributed by atoms with E-state index in [-0.39, 0.29) is 23.9 Å². The first-order valence-electron chi connectivity index (χ1n) is 10.6. The van der Waals surface area contributed by atoms with E-state index >= 15 is 0 Å². The van der Waals surface area contributed by atoms with Crippen molar-refractivity contribution in [3.8, 4) is 0 Å². The largest absolute Gasteiger partial charge is 0.363 e. The number of carbonyl (C=O) groups is 1. The molecule has 160 valence electrons. The highest BCUT2D eigenvalue weighted by Gasteiger charge is 2.36. The second kappa shape index (κ2) is 7.80. The van der Waals surface area contributed by atoms with Crippen molar-refractivity contribution < 1.29 is 13.6 Å². The molecule has 1 amide bonds. The quantitative estimate of drug-likeness (QED) is 0.600. The minimum Gasteiger partial charge on any atom is -0.363 e. The lowest BCUT2D eigenvalue weighted by Crippen LogP contribution is -2.31. The van der Waals surface area contributed by atoms with Gasteiger partial charge in [-0.15, -0.1) is 0 Å². The minimum absolute atomic E-state index is 0.196. The molecule has 1 aromatic heterocycles. The van der Waals surface area contributed by atoms with Gasteiger partial charge in [-0.2, -0.15) is 5.10 Å². The number of aryl methyl sites for hydroxylation is 3. The summed E-state index contributed by atoms with van der Waals surface area (Å²) in [5.41, 5.74) is 5.57. The van der Waals surface area contributed by atoms with E-state index in [1.165, 1.54) is 22.0 Å². The maximum absolute atomic E-state index is 13.8. The molecule has 0 fully saturated rings. The van der Waals surface area contributed by atoms with Crippen molar-refractivity contribution in [1.29, 1.82) is 0 Å². The van der Waals surface area contributed by atoms with Gasteiger partial charge in [-0.3, -0.25) is 4.79 Å². The number of fused-ring (bicyclic) bond motifs is 2. The van der Waals surface area contributed by atoms with Gasteiger partial charge in [-0.05, 0) is 61.4 Å². The average Bonchev–Trinajstić information content (AvgIpc) is 3.40. The third-order valence-electron chi connectivity index (χ3n) is 6.27. The molecule has 2 atom stereocenters. The zero-order chi connectivity index (χ0) is 21.5. The Labute approximate surface area is 179 Å². The van der Waals surface area contributed by atoms with Gasteiger partial charge in [0.1, 0.15) is 17.4 Å². The molecule has 7 heteroatoms. The number of nitrogens with zero attached hydrogens (tertiary/aromatic N) is 2. The molecule has 1 aliphatic carbocycles. The number of carbonyl (C=O) groups excluding carboxylic acids is 1. The zero-order valence-electron chi connectivity index (χ0n) is 17.2. The second-order valence-corrected chi connectivity index (χ2v) is 8.39. The monoisotopic (exact) mass is 422 g/mol.